The molecule has 1 aromatic heterocycles. The Hall–Kier alpha value is -2.50. The van der Waals surface area contributed by atoms with Gasteiger partial charge in [-0.05, 0) is 19.1 Å². The number of carboxylic acid groups (broad SMARTS) is 1. The number of carbonyl (C=O) groups excluding carboxylic acids is 1. The molecule has 100 valence electrons. The molecule has 4 N–H and O–H groups in total. The van der Waals surface area contributed by atoms with Crippen LogP contribution in [0, 0.1) is 0 Å². The maximum atomic E-state index is 11.9. The number of phenols is 1. The Labute approximate surface area is 109 Å². The molecule has 6 nitrogen and oxygen atoms in total. The summed E-state index contributed by atoms with van der Waals surface area (Å²) < 4.78 is 0. The number of carbonyl (C=O) groups is 2. The Bertz CT molecular complexity index is 633. The van der Waals surface area contributed by atoms with Crippen LogP contribution in [0.25, 0.3) is 10.9 Å². The molecule has 1 amide bonds. The van der Waals surface area contributed by atoms with Crippen molar-refractivity contribution in [2.75, 3.05) is 0 Å². The molecule has 2 aromatic rings. The van der Waals surface area contributed by atoms with Gasteiger partial charge in [0.15, 0.2) is 0 Å². The second-order valence-electron chi connectivity index (χ2n) is 4.40. The minimum Gasteiger partial charge on any atom is -0.506 e. The number of phenolic OH excluding ortho intramolecular Hbond substituents is 1. The summed E-state index contributed by atoms with van der Waals surface area (Å²) in [7, 11) is 0. The lowest BCUT2D eigenvalue weighted by molar-refractivity contribution is -0.137. The van der Waals surface area contributed by atoms with Crippen molar-refractivity contribution in [3.05, 3.63) is 30.0 Å². The van der Waals surface area contributed by atoms with Gasteiger partial charge in [-0.3, -0.25) is 9.59 Å². The van der Waals surface area contributed by atoms with E-state index in [-0.39, 0.29) is 17.9 Å². The highest BCUT2D eigenvalue weighted by atomic mass is 16.4. The fourth-order valence-corrected chi connectivity index (χ4v) is 1.88. The number of rotatable bonds is 4. The molecule has 1 atom stereocenters. The van der Waals surface area contributed by atoms with Crippen LogP contribution in [0.5, 0.6) is 5.75 Å². The van der Waals surface area contributed by atoms with Crippen LogP contribution in [-0.2, 0) is 4.79 Å². The fraction of sp³-hybridized carbons (Fsp3) is 0.231. The largest absolute Gasteiger partial charge is 0.506 e. The number of fused-ring (bicyclic) bond motifs is 1. The number of aromatic amines is 1. The normalized spacial score (nSPS) is 12.3. The monoisotopic (exact) mass is 262 g/mol. The summed E-state index contributed by atoms with van der Waals surface area (Å²) in [6.45, 7) is 1.62. The van der Waals surface area contributed by atoms with Gasteiger partial charge in [-0.15, -0.1) is 0 Å². The van der Waals surface area contributed by atoms with Gasteiger partial charge >= 0.3 is 5.97 Å². The third-order valence-corrected chi connectivity index (χ3v) is 2.74. The molecule has 0 bridgehead atoms. The number of hydrogen-bond donors (Lipinski definition) is 4. The summed E-state index contributed by atoms with van der Waals surface area (Å²) in [4.78, 5) is 25.2. The van der Waals surface area contributed by atoms with Crippen molar-refractivity contribution in [3.63, 3.8) is 0 Å². The first kappa shape index (κ1) is 12.9. The summed E-state index contributed by atoms with van der Waals surface area (Å²) >= 11 is 0. The number of aromatic hydroxyl groups is 1. The van der Waals surface area contributed by atoms with Gasteiger partial charge in [-0.25, -0.2) is 0 Å². The fourth-order valence-electron chi connectivity index (χ4n) is 1.88. The third-order valence-electron chi connectivity index (χ3n) is 2.74. The molecule has 1 unspecified atom stereocenters. The average Bonchev–Trinajstić information content (AvgIpc) is 2.73. The van der Waals surface area contributed by atoms with Crippen molar-refractivity contribution in [1.82, 2.24) is 10.3 Å². The van der Waals surface area contributed by atoms with E-state index in [4.69, 9.17) is 5.11 Å². The Kier molecular flexibility index (Phi) is 3.41. The zero-order valence-corrected chi connectivity index (χ0v) is 10.3. The second-order valence-corrected chi connectivity index (χ2v) is 4.40. The third kappa shape index (κ3) is 2.85. The van der Waals surface area contributed by atoms with Crippen molar-refractivity contribution in [3.8, 4) is 5.75 Å². The van der Waals surface area contributed by atoms with Crippen LogP contribution in [0.3, 0.4) is 0 Å². The molecular formula is C13H14N2O4. The quantitative estimate of drug-likeness (QED) is 0.670. The summed E-state index contributed by atoms with van der Waals surface area (Å²) in [6.07, 6.45) is -0.142. The lowest BCUT2D eigenvalue weighted by Gasteiger charge is -2.10. The highest BCUT2D eigenvalue weighted by Crippen LogP contribution is 2.24. The minimum absolute atomic E-state index is 0.0649. The predicted molar refractivity (Wildman–Crippen MR) is 69.1 cm³/mol. The number of para-hydroxylation sites is 1. The maximum absolute atomic E-state index is 11.9. The van der Waals surface area contributed by atoms with E-state index < -0.39 is 17.9 Å². The Morgan fingerprint density at radius 3 is 2.79 bits per heavy atom. The van der Waals surface area contributed by atoms with Gasteiger partial charge in [0.2, 0.25) is 0 Å². The minimum atomic E-state index is -0.970. The Morgan fingerprint density at radius 2 is 2.16 bits per heavy atom. The predicted octanol–water partition coefficient (Wildman–Crippen LogP) is 1.47. The summed E-state index contributed by atoms with van der Waals surface area (Å²) in [5, 5.41) is 21.5. The molecule has 0 aliphatic heterocycles. The molecule has 0 saturated carbocycles. The molecule has 0 saturated heterocycles. The molecule has 0 aliphatic rings. The highest BCUT2D eigenvalue weighted by molar-refractivity contribution is 5.99. The molecule has 0 fully saturated rings. The van der Waals surface area contributed by atoms with Crippen LogP contribution in [-0.4, -0.2) is 33.1 Å². The van der Waals surface area contributed by atoms with Crippen LogP contribution in [0.15, 0.2) is 24.3 Å². The van der Waals surface area contributed by atoms with Crippen molar-refractivity contribution in [1.29, 1.82) is 0 Å². The van der Waals surface area contributed by atoms with E-state index >= 15 is 0 Å². The van der Waals surface area contributed by atoms with Gasteiger partial charge in [-0.2, -0.15) is 0 Å². The van der Waals surface area contributed by atoms with E-state index in [0.717, 1.165) is 5.39 Å². The maximum Gasteiger partial charge on any atom is 0.305 e. The summed E-state index contributed by atoms with van der Waals surface area (Å²) in [5.41, 5.74) is 0.771. The number of amides is 1. The van der Waals surface area contributed by atoms with E-state index in [9.17, 15) is 14.7 Å². The molecule has 0 aliphatic carbocycles. The number of aromatic nitrogens is 1. The summed E-state index contributed by atoms with van der Waals surface area (Å²) in [5.74, 6) is -1.30. The molecule has 1 aromatic carbocycles. The summed E-state index contributed by atoms with van der Waals surface area (Å²) in [6, 6.07) is 6.11. The van der Waals surface area contributed by atoms with Crippen LogP contribution in [0.2, 0.25) is 0 Å². The van der Waals surface area contributed by atoms with E-state index in [0.29, 0.717) is 5.52 Å². The van der Waals surface area contributed by atoms with E-state index in [1.54, 1.807) is 25.1 Å². The molecule has 1 heterocycles. The number of aliphatic carboxylic acids is 1. The molecule has 0 spiro atoms. The first-order chi connectivity index (χ1) is 8.97. The van der Waals surface area contributed by atoms with Crippen LogP contribution in [0.1, 0.15) is 23.8 Å². The number of benzene rings is 1. The second kappa shape index (κ2) is 5.01. The van der Waals surface area contributed by atoms with Gasteiger partial charge in [0, 0.05) is 11.4 Å². The van der Waals surface area contributed by atoms with Crippen LogP contribution in [0.4, 0.5) is 0 Å². The lowest BCUT2D eigenvalue weighted by atomic mass is 10.2. The number of H-pyrrole nitrogens is 1. The highest BCUT2D eigenvalue weighted by Gasteiger charge is 2.15. The molecule has 19 heavy (non-hydrogen) atoms. The zero-order chi connectivity index (χ0) is 14.0. The van der Waals surface area contributed by atoms with Gasteiger partial charge in [0.25, 0.3) is 5.91 Å². The smallest absolute Gasteiger partial charge is 0.305 e. The van der Waals surface area contributed by atoms with Gasteiger partial charge in [0.1, 0.15) is 11.4 Å². The number of carboxylic acids is 1. The number of hydrogen-bond acceptors (Lipinski definition) is 3. The number of nitrogens with one attached hydrogen (secondary N) is 2. The van der Waals surface area contributed by atoms with Crippen molar-refractivity contribution in [2.24, 2.45) is 0 Å². The van der Waals surface area contributed by atoms with Crippen molar-refractivity contribution >= 4 is 22.8 Å². The van der Waals surface area contributed by atoms with Gasteiger partial charge < -0.3 is 20.5 Å². The van der Waals surface area contributed by atoms with E-state index in [1.807, 2.05) is 0 Å². The van der Waals surface area contributed by atoms with E-state index in [2.05, 4.69) is 10.3 Å². The molecule has 0 radical (unpaired) electrons. The first-order valence-corrected chi connectivity index (χ1v) is 5.80. The topological polar surface area (TPSA) is 102 Å². The SMILES string of the molecule is CC(CC(=O)O)NC(=O)c1cc2cccc(O)c2[nH]1. The first-order valence-electron chi connectivity index (χ1n) is 5.80. The molecule has 6 heteroatoms. The zero-order valence-electron chi connectivity index (χ0n) is 10.3. The van der Waals surface area contributed by atoms with Crippen LogP contribution >= 0.6 is 0 Å². The standard InChI is InChI=1S/C13H14N2O4/c1-7(5-11(17)18)14-13(19)9-6-8-3-2-4-10(16)12(8)15-9/h2-4,6-7,15-16H,5H2,1H3,(H,14,19)(H,17,18). The van der Waals surface area contributed by atoms with Gasteiger partial charge in [0.05, 0.1) is 11.9 Å². The average molecular weight is 262 g/mol. The molecule has 2 rings (SSSR count). The van der Waals surface area contributed by atoms with Crippen molar-refractivity contribution < 1.29 is 19.8 Å². The lowest BCUT2D eigenvalue weighted by Crippen LogP contribution is -2.34. The Balaban J connectivity index is 2.18. The van der Waals surface area contributed by atoms with E-state index in [1.165, 1.54) is 6.07 Å². The van der Waals surface area contributed by atoms with Gasteiger partial charge in [-0.1, -0.05) is 12.1 Å². The van der Waals surface area contributed by atoms with Crippen molar-refractivity contribution in [2.45, 2.75) is 19.4 Å². The molecular weight excluding hydrogens is 248 g/mol. The Morgan fingerprint density at radius 1 is 1.42 bits per heavy atom. The van der Waals surface area contributed by atoms with Crippen LogP contribution < -0.4 is 5.32 Å².